The molecule has 170 valence electrons. The average Bonchev–Trinajstić information content (AvgIpc) is 3.45. The number of carbonyl (C=O) groups excluding carboxylic acids is 2. The van der Waals surface area contributed by atoms with Gasteiger partial charge in [-0.2, -0.15) is 5.10 Å². The summed E-state index contributed by atoms with van der Waals surface area (Å²) in [6.07, 6.45) is 2.86. The van der Waals surface area contributed by atoms with Gasteiger partial charge in [-0.15, -0.1) is 0 Å². The third kappa shape index (κ3) is 4.46. The highest BCUT2D eigenvalue weighted by Gasteiger charge is 2.25. The van der Waals surface area contributed by atoms with Crippen molar-refractivity contribution in [2.45, 2.75) is 32.6 Å². The van der Waals surface area contributed by atoms with E-state index in [9.17, 15) is 9.59 Å². The topological polar surface area (TPSA) is 97.0 Å². The van der Waals surface area contributed by atoms with Gasteiger partial charge in [0.25, 0.3) is 0 Å². The van der Waals surface area contributed by atoms with Crippen molar-refractivity contribution in [2.75, 3.05) is 19.7 Å². The first-order chi connectivity index (χ1) is 16.1. The fraction of sp³-hybridized carbons (Fsp3) is 0.360. The Kier molecular flexibility index (Phi) is 5.81. The Labute approximate surface area is 191 Å². The smallest absolute Gasteiger partial charge is 0.240 e. The minimum Gasteiger partial charge on any atom is -0.492 e. The Morgan fingerprint density at radius 1 is 1.15 bits per heavy atom. The number of benzene rings is 2. The highest BCUT2D eigenvalue weighted by Crippen LogP contribution is 2.28. The number of fused-ring (bicyclic) bond motifs is 1. The molecule has 2 aromatic carbocycles. The molecule has 0 bridgehead atoms. The summed E-state index contributed by atoms with van der Waals surface area (Å²) in [7, 11) is 0. The van der Waals surface area contributed by atoms with E-state index < -0.39 is 0 Å². The van der Waals surface area contributed by atoms with Gasteiger partial charge in [0.1, 0.15) is 17.9 Å². The van der Waals surface area contributed by atoms with Gasteiger partial charge in [-0.1, -0.05) is 13.0 Å². The van der Waals surface area contributed by atoms with Crippen molar-refractivity contribution in [3.05, 3.63) is 48.0 Å². The van der Waals surface area contributed by atoms with Crippen LogP contribution >= 0.6 is 0 Å². The Balaban J connectivity index is 1.29. The molecule has 1 unspecified atom stereocenters. The molecular weight excluding hydrogens is 420 g/mol. The molecule has 3 aromatic rings. The number of nitrogens with zero attached hydrogens (tertiary/aromatic N) is 3. The summed E-state index contributed by atoms with van der Waals surface area (Å²) in [6.45, 7) is 3.96. The molecule has 2 amide bonds. The first-order valence-corrected chi connectivity index (χ1v) is 11.4. The van der Waals surface area contributed by atoms with Crippen molar-refractivity contribution in [1.29, 1.82) is 0 Å². The zero-order valence-electron chi connectivity index (χ0n) is 18.5. The van der Waals surface area contributed by atoms with Crippen LogP contribution in [0.2, 0.25) is 0 Å². The zero-order chi connectivity index (χ0) is 22.8. The average molecular weight is 447 g/mol. The number of amides is 2. The van der Waals surface area contributed by atoms with Gasteiger partial charge >= 0.3 is 0 Å². The van der Waals surface area contributed by atoms with Gasteiger partial charge in [0, 0.05) is 36.4 Å². The van der Waals surface area contributed by atoms with Gasteiger partial charge in [0.05, 0.1) is 12.3 Å². The van der Waals surface area contributed by atoms with E-state index in [4.69, 9.17) is 9.15 Å². The van der Waals surface area contributed by atoms with Crippen LogP contribution in [-0.2, 0) is 9.59 Å². The molecule has 2 aliphatic rings. The fourth-order valence-corrected chi connectivity index (χ4v) is 4.33. The molecule has 5 rings (SSSR count). The molecule has 1 aromatic heterocycles. The van der Waals surface area contributed by atoms with Gasteiger partial charge in [0.15, 0.2) is 5.58 Å². The standard InChI is InChI=1S/C25H26N4O4/c1-2-16-15-22(30)27-28-24(16)18-7-10-20-21(14-18)33-25(26-20)17-5-8-19(9-6-17)32-13-12-29-11-3-4-23(29)31/h5-10,14,16H,2-4,11-13,15H2,1H3,(H,27,30). The largest absolute Gasteiger partial charge is 0.492 e. The molecule has 0 spiro atoms. The van der Waals surface area contributed by atoms with Crippen molar-refractivity contribution < 1.29 is 18.7 Å². The maximum Gasteiger partial charge on any atom is 0.240 e. The molecule has 1 atom stereocenters. The lowest BCUT2D eigenvalue weighted by Crippen LogP contribution is -2.33. The van der Waals surface area contributed by atoms with Crippen molar-refractivity contribution in [3.8, 4) is 17.2 Å². The Morgan fingerprint density at radius 3 is 2.73 bits per heavy atom. The Bertz CT molecular complexity index is 1210. The number of hydrogen-bond donors (Lipinski definition) is 1. The van der Waals surface area contributed by atoms with Crippen LogP contribution in [0.15, 0.2) is 52.0 Å². The molecule has 2 aliphatic heterocycles. The fourth-order valence-electron chi connectivity index (χ4n) is 4.33. The molecule has 8 heteroatoms. The second kappa shape index (κ2) is 9.05. The summed E-state index contributed by atoms with van der Waals surface area (Å²) in [6, 6.07) is 13.4. The molecule has 1 fully saturated rings. The van der Waals surface area contributed by atoms with E-state index in [1.165, 1.54) is 0 Å². The summed E-state index contributed by atoms with van der Waals surface area (Å²) in [5, 5.41) is 4.29. The summed E-state index contributed by atoms with van der Waals surface area (Å²) < 4.78 is 11.8. The minimum atomic E-state index is -0.0504. The normalized spacial score (nSPS) is 18.5. The number of likely N-dealkylation sites (tertiary alicyclic amines) is 1. The van der Waals surface area contributed by atoms with Crippen molar-refractivity contribution in [1.82, 2.24) is 15.3 Å². The van der Waals surface area contributed by atoms with E-state index in [2.05, 4.69) is 22.4 Å². The number of nitrogens with one attached hydrogen (secondary N) is 1. The van der Waals surface area contributed by atoms with Crippen LogP contribution in [0.3, 0.4) is 0 Å². The van der Waals surface area contributed by atoms with Crippen molar-refractivity contribution >= 4 is 28.6 Å². The second-order valence-electron chi connectivity index (χ2n) is 8.40. The van der Waals surface area contributed by atoms with Crippen LogP contribution in [0, 0.1) is 5.92 Å². The third-order valence-electron chi connectivity index (χ3n) is 6.20. The molecule has 0 saturated carbocycles. The van der Waals surface area contributed by atoms with Gasteiger partial charge in [-0.3, -0.25) is 9.59 Å². The van der Waals surface area contributed by atoms with Crippen LogP contribution in [0.4, 0.5) is 0 Å². The van der Waals surface area contributed by atoms with E-state index in [0.29, 0.717) is 37.5 Å². The van der Waals surface area contributed by atoms with Crippen LogP contribution in [0.5, 0.6) is 5.75 Å². The number of aromatic nitrogens is 1. The summed E-state index contributed by atoms with van der Waals surface area (Å²) in [5.74, 6) is 1.52. The lowest BCUT2D eigenvalue weighted by atomic mass is 9.90. The molecule has 3 heterocycles. The number of oxazole rings is 1. The van der Waals surface area contributed by atoms with E-state index >= 15 is 0 Å². The second-order valence-corrected chi connectivity index (χ2v) is 8.40. The predicted molar refractivity (Wildman–Crippen MR) is 124 cm³/mol. The molecule has 0 radical (unpaired) electrons. The summed E-state index contributed by atoms with van der Waals surface area (Å²) in [5.41, 5.74) is 6.67. The molecule has 8 nitrogen and oxygen atoms in total. The van der Waals surface area contributed by atoms with Crippen LogP contribution in [0.1, 0.15) is 38.2 Å². The Hall–Kier alpha value is -3.68. The van der Waals surface area contributed by atoms with E-state index in [1.54, 1.807) is 0 Å². The number of ether oxygens (including phenoxy) is 1. The quantitative estimate of drug-likeness (QED) is 0.596. The van der Waals surface area contributed by atoms with E-state index in [1.807, 2.05) is 47.4 Å². The van der Waals surface area contributed by atoms with Crippen LogP contribution < -0.4 is 10.2 Å². The first kappa shape index (κ1) is 21.2. The predicted octanol–water partition coefficient (Wildman–Crippen LogP) is 3.75. The minimum absolute atomic E-state index is 0.0504. The van der Waals surface area contributed by atoms with Gasteiger partial charge in [-0.05, 0) is 49.2 Å². The maximum absolute atomic E-state index is 11.7. The molecule has 33 heavy (non-hydrogen) atoms. The molecule has 1 saturated heterocycles. The first-order valence-electron chi connectivity index (χ1n) is 11.4. The van der Waals surface area contributed by atoms with Gasteiger partial charge in [0.2, 0.25) is 17.7 Å². The highest BCUT2D eigenvalue weighted by molar-refractivity contribution is 6.07. The lowest BCUT2D eigenvalue weighted by Gasteiger charge is -2.21. The molecule has 0 aliphatic carbocycles. The third-order valence-corrected chi connectivity index (χ3v) is 6.20. The number of rotatable bonds is 7. The van der Waals surface area contributed by atoms with E-state index in [0.717, 1.165) is 47.5 Å². The van der Waals surface area contributed by atoms with Crippen molar-refractivity contribution in [2.24, 2.45) is 11.0 Å². The summed E-state index contributed by atoms with van der Waals surface area (Å²) >= 11 is 0. The SMILES string of the molecule is CCC1CC(=O)NN=C1c1ccc2nc(-c3ccc(OCCN4CCCC4=O)cc3)oc2c1. The summed E-state index contributed by atoms with van der Waals surface area (Å²) in [4.78, 5) is 29.8. The van der Waals surface area contributed by atoms with Crippen LogP contribution in [-0.4, -0.2) is 47.1 Å². The number of hydrogen-bond acceptors (Lipinski definition) is 6. The zero-order valence-corrected chi connectivity index (χ0v) is 18.5. The van der Waals surface area contributed by atoms with Gasteiger partial charge < -0.3 is 14.1 Å². The molecular formula is C25H26N4O4. The van der Waals surface area contributed by atoms with Crippen LogP contribution in [0.25, 0.3) is 22.6 Å². The highest BCUT2D eigenvalue weighted by atomic mass is 16.5. The Morgan fingerprint density at radius 2 is 1.97 bits per heavy atom. The lowest BCUT2D eigenvalue weighted by molar-refractivity contribution is -0.128. The number of carbonyl (C=O) groups is 2. The number of hydrazone groups is 1. The monoisotopic (exact) mass is 446 g/mol. The van der Waals surface area contributed by atoms with Crippen molar-refractivity contribution in [3.63, 3.8) is 0 Å². The van der Waals surface area contributed by atoms with Gasteiger partial charge in [-0.25, -0.2) is 10.4 Å². The molecule has 1 N–H and O–H groups in total. The van der Waals surface area contributed by atoms with E-state index in [-0.39, 0.29) is 17.7 Å². The maximum atomic E-state index is 11.7.